The summed E-state index contributed by atoms with van der Waals surface area (Å²) >= 11 is 6.09. The Kier molecular flexibility index (Phi) is 2.37. The van der Waals surface area contributed by atoms with Gasteiger partial charge >= 0.3 is 0 Å². The van der Waals surface area contributed by atoms with Crippen LogP contribution >= 0.6 is 11.6 Å². The van der Waals surface area contributed by atoms with E-state index < -0.39 is 0 Å². The van der Waals surface area contributed by atoms with Crippen molar-refractivity contribution >= 4 is 17.4 Å². The maximum absolute atomic E-state index is 12.1. The SMILES string of the molecule is O=C1Cc2c(Cl)cccc2Oc2ccccc21. The van der Waals surface area contributed by atoms with Crippen molar-refractivity contribution in [3.8, 4) is 11.5 Å². The molecule has 84 valence electrons. The zero-order valence-corrected chi connectivity index (χ0v) is 9.70. The van der Waals surface area contributed by atoms with E-state index in [1.807, 2.05) is 24.3 Å². The van der Waals surface area contributed by atoms with Crippen LogP contribution in [0.25, 0.3) is 0 Å². The number of fused-ring (bicyclic) bond motifs is 2. The van der Waals surface area contributed by atoms with Gasteiger partial charge in [-0.05, 0) is 24.3 Å². The van der Waals surface area contributed by atoms with Crippen LogP contribution in [-0.4, -0.2) is 5.78 Å². The first-order valence-corrected chi connectivity index (χ1v) is 5.71. The molecule has 0 atom stereocenters. The molecule has 3 heteroatoms. The minimum atomic E-state index is 0.0347. The van der Waals surface area contributed by atoms with Crippen LogP contribution < -0.4 is 4.74 Å². The molecule has 0 saturated carbocycles. The number of halogens is 1. The van der Waals surface area contributed by atoms with Gasteiger partial charge in [0.2, 0.25) is 0 Å². The van der Waals surface area contributed by atoms with Crippen LogP contribution in [0, 0.1) is 0 Å². The minimum Gasteiger partial charge on any atom is -0.456 e. The zero-order valence-electron chi connectivity index (χ0n) is 8.94. The number of hydrogen-bond acceptors (Lipinski definition) is 2. The molecule has 0 unspecified atom stereocenters. The van der Waals surface area contributed by atoms with Gasteiger partial charge in [0, 0.05) is 17.0 Å². The van der Waals surface area contributed by atoms with Gasteiger partial charge in [0.1, 0.15) is 11.5 Å². The molecule has 0 saturated heterocycles. The third-order valence-corrected chi connectivity index (χ3v) is 3.17. The normalized spacial score (nSPS) is 13.4. The van der Waals surface area contributed by atoms with E-state index in [9.17, 15) is 4.79 Å². The summed E-state index contributed by atoms with van der Waals surface area (Å²) < 4.78 is 5.75. The maximum atomic E-state index is 12.1. The number of ether oxygens (including phenoxy) is 1. The number of ketones is 1. The van der Waals surface area contributed by atoms with Gasteiger partial charge in [-0.25, -0.2) is 0 Å². The number of para-hydroxylation sites is 1. The molecule has 0 aromatic heterocycles. The van der Waals surface area contributed by atoms with Crippen LogP contribution in [0.1, 0.15) is 15.9 Å². The lowest BCUT2D eigenvalue weighted by Crippen LogP contribution is -2.01. The highest BCUT2D eigenvalue weighted by Crippen LogP contribution is 2.36. The summed E-state index contributed by atoms with van der Waals surface area (Å²) in [6, 6.07) is 12.7. The first kappa shape index (κ1) is 10.4. The summed E-state index contributed by atoms with van der Waals surface area (Å²) in [7, 11) is 0. The Balaban J connectivity index is 2.20. The van der Waals surface area contributed by atoms with Gasteiger partial charge in [0.25, 0.3) is 0 Å². The van der Waals surface area contributed by atoms with Crippen molar-refractivity contribution in [3.63, 3.8) is 0 Å². The highest BCUT2D eigenvalue weighted by Gasteiger charge is 2.22. The zero-order chi connectivity index (χ0) is 11.8. The number of hydrogen-bond donors (Lipinski definition) is 0. The largest absolute Gasteiger partial charge is 0.456 e. The molecule has 0 aliphatic carbocycles. The van der Waals surface area contributed by atoms with Crippen molar-refractivity contribution in [1.29, 1.82) is 0 Å². The fraction of sp³-hybridized carbons (Fsp3) is 0.0714. The summed E-state index contributed by atoms with van der Waals surface area (Å²) in [4.78, 5) is 12.1. The van der Waals surface area contributed by atoms with Gasteiger partial charge in [-0.3, -0.25) is 4.79 Å². The van der Waals surface area contributed by atoms with E-state index in [1.165, 1.54) is 0 Å². The molecule has 2 aromatic rings. The topological polar surface area (TPSA) is 26.3 Å². The van der Waals surface area contributed by atoms with Crippen LogP contribution in [-0.2, 0) is 6.42 Å². The fourth-order valence-electron chi connectivity index (χ4n) is 1.97. The Hall–Kier alpha value is -1.80. The second-order valence-electron chi connectivity index (χ2n) is 3.91. The van der Waals surface area contributed by atoms with Crippen LogP contribution in [0.4, 0.5) is 0 Å². The average molecular weight is 245 g/mol. The fourth-order valence-corrected chi connectivity index (χ4v) is 2.20. The number of carbonyl (C=O) groups excluding carboxylic acids is 1. The summed E-state index contributed by atoms with van der Waals surface area (Å²) in [6.07, 6.45) is 0.284. The van der Waals surface area contributed by atoms with E-state index in [1.54, 1.807) is 18.2 Å². The predicted octanol–water partition coefficient (Wildman–Crippen LogP) is 3.87. The predicted molar refractivity (Wildman–Crippen MR) is 66.0 cm³/mol. The molecule has 2 nitrogen and oxygen atoms in total. The summed E-state index contributed by atoms with van der Waals surface area (Å²) in [5, 5.41) is 0.573. The van der Waals surface area contributed by atoms with Crippen molar-refractivity contribution in [1.82, 2.24) is 0 Å². The van der Waals surface area contributed by atoms with Crippen LogP contribution in [0.3, 0.4) is 0 Å². The van der Waals surface area contributed by atoms with Gasteiger partial charge in [0.15, 0.2) is 5.78 Å². The van der Waals surface area contributed by atoms with Gasteiger partial charge < -0.3 is 4.74 Å². The monoisotopic (exact) mass is 244 g/mol. The van der Waals surface area contributed by atoms with Gasteiger partial charge in [-0.2, -0.15) is 0 Å². The van der Waals surface area contributed by atoms with Gasteiger partial charge in [-0.1, -0.05) is 29.8 Å². The Morgan fingerprint density at radius 1 is 1.00 bits per heavy atom. The molecular formula is C14H9ClO2. The molecule has 1 aliphatic heterocycles. The van der Waals surface area contributed by atoms with Crippen molar-refractivity contribution in [2.45, 2.75) is 6.42 Å². The highest BCUT2D eigenvalue weighted by molar-refractivity contribution is 6.32. The lowest BCUT2D eigenvalue weighted by Gasteiger charge is -2.08. The molecular weight excluding hydrogens is 236 g/mol. The third-order valence-electron chi connectivity index (χ3n) is 2.82. The molecule has 1 aliphatic rings. The Morgan fingerprint density at radius 3 is 2.65 bits per heavy atom. The molecule has 0 spiro atoms. The average Bonchev–Trinajstić information content (AvgIpc) is 2.47. The highest BCUT2D eigenvalue weighted by atomic mass is 35.5. The first-order chi connectivity index (χ1) is 8.25. The molecule has 17 heavy (non-hydrogen) atoms. The summed E-state index contributed by atoms with van der Waals surface area (Å²) in [5.41, 5.74) is 1.37. The van der Waals surface area contributed by atoms with Crippen molar-refractivity contribution in [3.05, 3.63) is 58.6 Å². The number of Topliss-reactive ketones (excluding diaryl/α,β-unsaturated/α-hetero) is 1. The van der Waals surface area contributed by atoms with Gasteiger partial charge in [0.05, 0.1) is 5.56 Å². The second kappa shape index (κ2) is 3.90. The molecule has 2 aromatic carbocycles. The van der Waals surface area contributed by atoms with E-state index in [4.69, 9.17) is 16.3 Å². The molecule has 0 radical (unpaired) electrons. The number of rotatable bonds is 0. The van der Waals surface area contributed by atoms with Crippen molar-refractivity contribution < 1.29 is 9.53 Å². The second-order valence-corrected chi connectivity index (χ2v) is 4.32. The third kappa shape index (κ3) is 1.71. The quantitative estimate of drug-likeness (QED) is 0.703. The van der Waals surface area contributed by atoms with E-state index in [0.29, 0.717) is 22.1 Å². The molecule has 0 bridgehead atoms. The summed E-state index contributed by atoms with van der Waals surface area (Å²) in [6.45, 7) is 0. The summed E-state index contributed by atoms with van der Waals surface area (Å²) in [5.74, 6) is 1.29. The Morgan fingerprint density at radius 2 is 1.76 bits per heavy atom. The number of benzene rings is 2. The maximum Gasteiger partial charge on any atom is 0.171 e. The first-order valence-electron chi connectivity index (χ1n) is 5.33. The van der Waals surface area contributed by atoms with Crippen LogP contribution in [0.15, 0.2) is 42.5 Å². The lowest BCUT2D eigenvalue weighted by atomic mass is 10.0. The Labute approximate surface area is 104 Å². The molecule has 0 amide bonds. The van der Waals surface area contributed by atoms with E-state index in [2.05, 4.69) is 0 Å². The smallest absolute Gasteiger partial charge is 0.171 e. The molecule has 0 fully saturated rings. The minimum absolute atomic E-state index is 0.0347. The van der Waals surface area contributed by atoms with Crippen molar-refractivity contribution in [2.24, 2.45) is 0 Å². The van der Waals surface area contributed by atoms with E-state index in [0.717, 1.165) is 5.56 Å². The lowest BCUT2D eigenvalue weighted by molar-refractivity contribution is 0.0993. The van der Waals surface area contributed by atoms with E-state index in [-0.39, 0.29) is 12.2 Å². The van der Waals surface area contributed by atoms with E-state index >= 15 is 0 Å². The Bertz CT molecular complexity index is 605. The van der Waals surface area contributed by atoms with Gasteiger partial charge in [-0.15, -0.1) is 0 Å². The molecule has 3 rings (SSSR count). The van der Waals surface area contributed by atoms with Crippen molar-refractivity contribution in [2.75, 3.05) is 0 Å². The molecule has 0 N–H and O–H groups in total. The van der Waals surface area contributed by atoms with Crippen LogP contribution in [0.5, 0.6) is 11.5 Å². The number of carbonyl (C=O) groups is 1. The molecule has 1 heterocycles. The standard InChI is InChI=1S/C14H9ClO2/c15-11-5-3-7-14-10(11)8-12(16)9-4-1-2-6-13(9)17-14/h1-7H,8H2. The van der Waals surface area contributed by atoms with Crippen LogP contribution in [0.2, 0.25) is 5.02 Å².